The number of nitrogens with zero attached hydrogens (tertiary/aromatic N) is 4. The van der Waals surface area contributed by atoms with Crippen LogP contribution in [-0.2, 0) is 19.5 Å². The first-order chi connectivity index (χ1) is 16.2. The summed E-state index contributed by atoms with van der Waals surface area (Å²) in [5.41, 5.74) is 5.78. The van der Waals surface area contributed by atoms with Gasteiger partial charge >= 0.3 is 0 Å². The Hall–Kier alpha value is -3.27. The van der Waals surface area contributed by atoms with Gasteiger partial charge in [-0.25, -0.2) is 14.1 Å². The van der Waals surface area contributed by atoms with Crippen LogP contribution < -0.4 is 10.6 Å². The molecule has 0 unspecified atom stereocenters. The Morgan fingerprint density at radius 3 is 2.38 bits per heavy atom. The predicted molar refractivity (Wildman–Crippen MR) is 145 cm³/mol. The van der Waals surface area contributed by atoms with E-state index in [1.54, 1.807) is 31.8 Å². The number of aromatic nitrogens is 3. The number of hydrogen-bond acceptors (Lipinski definition) is 3. The fourth-order valence-corrected chi connectivity index (χ4v) is 3.62. The molecule has 1 aromatic heterocycles. The van der Waals surface area contributed by atoms with Crippen molar-refractivity contribution >= 4 is 29.9 Å². The number of guanidine groups is 1. The van der Waals surface area contributed by atoms with E-state index in [0.717, 1.165) is 23.5 Å². The van der Waals surface area contributed by atoms with Gasteiger partial charge in [0.15, 0.2) is 5.96 Å². The van der Waals surface area contributed by atoms with Crippen molar-refractivity contribution in [3.8, 4) is 11.1 Å². The van der Waals surface area contributed by atoms with E-state index in [1.165, 1.54) is 28.8 Å². The van der Waals surface area contributed by atoms with E-state index in [0.29, 0.717) is 19.6 Å². The number of hydrogen-bond donors (Lipinski definition) is 2. The number of aliphatic imine (C=N–C) groups is 1. The maximum absolute atomic E-state index is 13.1. The molecular weight excluding hydrogens is 542 g/mol. The molecule has 4 aromatic rings. The lowest BCUT2D eigenvalue weighted by atomic mass is 9.98. The Morgan fingerprint density at radius 2 is 1.68 bits per heavy atom. The average molecular weight is 570 g/mol. The SMILES string of the molecule is CN=C(NCCc1ccc(F)cc1)NCc1ccccc1-c1ccc(Cn2cncn2)cc1.I. The Labute approximate surface area is 216 Å². The van der Waals surface area contributed by atoms with Gasteiger partial charge in [0.25, 0.3) is 0 Å². The molecule has 1 heterocycles. The molecule has 8 heteroatoms. The molecule has 0 atom stereocenters. The van der Waals surface area contributed by atoms with E-state index in [1.807, 2.05) is 10.7 Å². The second-order valence-corrected chi connectivity index (χ2v) is 7.68. The van der Waals surface area contributed by atoms with E-state index >= 15 is 0 Å². The third-order valence-corrected chi connectivity index (χ3v) is 5.38. The minimum Gasteiger partial charge on any atom is -0.356 e. The summed E-state index contributed by atoms with van der Waals surface area (Å²) in [7, 11) is 1.76. The molecule has 4 rings (SSSR count). The molecule has 0 aliphatic rings. The molecule has 34 heavy (non-hydrogen) atoms. The van der Waals surface area contributed by atoms with Gasteiger partial charge in [0, 0.05) is 20.1 Å². The summed E-state index contributed by atoms with van der Waals surface area (Å²) in [6, 6.07) is 23.5. The molecule has 0 spiro atoms. The van der Waals surface area contributed by atoms with Crippen molar-refractivity contribution in [1.29, 1.82) is 0 Å². The van der Waals surface area contributed by atoms with Gasteiger partial charge in [-0.15, -0.1) is 24.0 Å². The summed E-state index contributed by atoms with van der Waals surface area (Å²) < 4.78 is 14.9. The zero-order chi connectivity index (χ0) is 22.9. The maximum Gasteiger partial charge on any atom is 0.191 e. The second-order valence-electron chi connectivity index (χ2n) is 7.68. The van der Waals surface area contributed by atoms with Gasteiger partial charge < -0.3 is 10.6 Å². The Bertz CT molecular complexity index is 1170. The summed E-state index contributed by atoms with van der Waals surface area (Å²) in [5, 5.41) is 10.9. The van der Waals surface area contributed by atoms with Crippen LogP contribution in [0.5, 0.6) is 0 Å². The van der Waals surface area contributed by atoms with Crippen molar-refractivity contribution < 1.29 is 4.39 Å². The Balaban J connectivity index is 0.00000324. The quantitative estimate of drug-likeness (QED) is 0.184. The molecule has 0 amide bonds. The summed E-state index contributed by atoms with van der Waals surface area (Å²) in [4.78, 5) is 8.31. The predicted octanol–water partition coefficient (Wildman–Crippen LogP) is 4.66. The van der Waals surface area contributed by atoms with Gasteiger partial charge in [-0.2, -0.15) is 5.10 Å². The first-order valence-electron chi connectivity index (χ1n) is 10.9. The molecule has 176 valence electrons. The van der Waals surface area contributed by atoms with Crippen molar-refractivity contribution in [2.75, 3.05) is 13.6 Å². The molecule has 3 aromatic carbocycles. The molecule has 0 aliphatic heterocycles. The molecule has 0 fully saturated rings. The zero-order valence-corrected chi connectivity index (χ0v) is 21.3. The minimum atomic E-state index is -0.215. The van der Waals surface area contributed by atoms with Crippen molar-refractivity contribution in [1.82, 2.24) is 25.4 Å². The minimum absolute atomic E-state index is 0. The molecule has 0 saturated carbocycles. The largest absolute Gasteiger partial charge is 0.356 e. The number of halogens is 2. The molecule has 2 N–H and O–H groups in total. The number of nitrogens with one attached hydrogen (secondary N) is 2. The van der Waals surface area contributed by atoms with Crippen LogP contribution in [0.3, 0.4) is 0 Å². The summed E-state index contributed by atoms with van der Waals surface area (Å²) in [5.74, 6) is 0.516. The van der Waals surface area contributed by atoms with Gasteiger partial charge in [0.2, 0.25) is 0 Å². The standard InChI is InChI=1S/C26H27FN6.HI/c1-28-26(30-15-14-20-8-12-24(27)13-9-20)31-16-23-4-2-3-5-25(23)22-10-6-21(7-11-22)17-33-19-29-18-32-33;/h2-13,18-19H,14-17H2,1H3,(H2,28,30,31);1H. The molecule has 0 bridgehead atoms. The second kappa shape index (κ2) is 12.8. The van der Waals surface area contributed by atoms with E-state index in [-0.39, 0.29) is 29.8 Å². The van der Waals surface area contributed by atoms with Crippen LogP contribution in [0, 0.1) is 5.82 Å². The van der Waals surface area contributed by atoms with Gasteiger partial charge in [0.1, 0.15) is 18.5 Å². The van der Waals surface area contributed by atoms with Crippen molar-refractivity contribution in [3.05, 3.63) is 108 Å². The molecule has 0 aliphatic carbocycles. The molecule has 0 saturated heterocycles. The summed E-state index contributed by atoms with van der Waals surface area (Å²) in [6.45, 7) is 2.05. The topological polar surface area (TPSA) is 67.1 Å². The Morgan fingerprint density at radius 1 is 0.941 bits per heavy atom. The highest BCUT2D eigenvalue weighted by atomic mass is 127. The normalized spacial score (nSPS) is 11.1. The van der Waals surface area contributed by atoms with Crippen molar-refractivity contribution in [2.45, 2.75) is 19.5 Å². The monoisotopic (exact) mass is 570 g/mol. The van der Waals surface area contributed by atoms with Crippen LogP contribution in [0.25, 0.3) is 11.1 Å². The lowest BCUT2D eigenvalue weighted by Gasteiger charge is -2.15. The van der Waals surface area contributed by atoms with E-state index < -0.39 is 0 Å². The van der Waals surface area contributed by atoms with Crippen LogP contribution in [-0.4, -0.2) is 34.3 Å². The summed E-state index contributed by atoms with van der Waals surface area (Å²) in [6.07, 6.45) is 4.05. The van der Waals surface area contributed by atoms with Crippen molar-refractivity contribution in [2.24, 2.45) is 4.99 Å². The van der Waals surface area contributed by atoms with Crippen LogP contribution in [0.4, 0.5) is 4.39 Å². The highest BCUT2D eigenvalue weighted by Gasteiger charge is 2.07. The Kier molecular flexibility index (Phi) is 9.57. The average Bonchev–Trinajstić information content (AvgIpc) is 3.36. The molecule has 6 nitrogen and oxygen atoms in total. The van der Waals surface area contributed by atoms with Gasteiger partial charge in [-0.05, 0) is 46.4 Å². The highest BCUT2D eigenvalue weighted by Crippen LogP contribution is 2.24. The van der Waals surface area contributed by atoms with Crippen LogP contribution >= 0.6 is 24.0 Å². The fourth-order valence-electron chi connectivity index (χ4n) is 3.62. The lowest BCUT2D eigenvalue weighted by molar-refractivity contribution is 0.626. The van der Waals surface area contributed by atoms with Crippen LogP contribution in [0.15, 0.2) is 90.4 Å². The first-order valence-corrected chi connectivity index (χ1v) is 10.9. The summed E-state index contributed by atoms with van der Waals surface area (Å²) >= 11 is 0. The van der Waals surface area contributed by atoms with Gasteiger partial charge in [-0.3, -0.25) is 4.99 Å². The maximum atomic E-state index is 13.1. The van der Waals surface area contributed by atoms with E-state index in [2.05, 4.69) is 68.2 Å². The zero-order valence-electron chi connectivity index (χ0n) is 19.0. The van der Waals surface area contributed by atoms with Gasteiger partial charge in [0.05, 0.1) is 6.54 Å². The van der Waals surface area contributed by atoms with Crippen LogP contribution in [0.1, 0.15) is 16.7 Å². The molecular formula is C26H28FIN6. The third-order valence-electron chi connectivity index (χ3n) is 5.38. The number of benzene rings is 3. The third kappa shape index (κ3) is 7.11. The van der Waals surface area contributed by atoms with E-state index in [9.17, 15) is 4.39 Å². The molecule has 0 radical (unpaired) electrons. The number of rotatable bonds is 8. The van der Waals surface area contributed by atoms with Gasteiger partial charge in [-0.1, -0.05) is 60.7 Å². The smallest absolute Gasteiger partial charge is 0.191 e. The first kappa shape index (κ1) is 25.4. The van der Waals surface area contributed by atoms with Crippen LogP contribution in [0.2, 0.25) is 0 Å². The highest BCUT2D eigenvalue weighted by molar-refractivity contribution is 14.0. The van der Waals surface area contributed by atoms with Crippen molar-refractivity contribution in [3.63, 3.8) is 0 Å². The van der Waals surface area contributed by atoms with E-state index in [4.69, 9.17) is 0 Å². The fraction of sp³-hybridized carbons (Fsp3) is 0.192. The lowest BCUT2D eigenvalue weighted by Crippen LogP contribution is -2.37.